The predicted octanol–water partition coefficient (Wildman–Crippen LogP) is 2.43. The minimum Gasteiger partial charge on any atom is -0.387 e. The molecule has 7 heteroatoms. The van der Waals surface area contributed by atoms with Gasteiger partial charge < -0.3 is 20.6 Å². The Kier molecular flexibility index (Phi) is 5.68. The van der Waals surface area contributed by atoms with Crippen LogP contribution in [-0.4, -0.2) is 37.1 Å². The zero-order valence-corrected chi connectivity index (χ0v) is 16.0. The number of likely N-dealkylation sites (N-methyl/N-ethyl adjacent to an activating group) is 1. The van der Waals surface area contributed by atoms with Crippen molar-refractivity contribution in [2.45, 2.75) is 19.4 Å². The van der Waals surface area contributed by atoms with E-state index in [9.17, 15) is 14.7 Å². The molecule has 3 N–H and O–H groups in total. The molecule has 0 bridgehead atoms. The fourth-order valence-corrected chi connectivity index (χ4v) is 3.28. The third kappa shape index (κ3) is 4.23. The van der Waals surface area contributed by atoms with Crippen molar-refractivity contribution >= 4 is 34.8 Å². The molecule has 1 aliphatic heterocycles. The molecule has 1 unspecified atom stereocenters. The van der Waals surface area contributed by atoms with E-state index < -0.39 is 17.9 Å². The first kappa shape index (κ1) is 19.2. The second kappa shape index (κ2) is 7.98. The van der Waals surface area contributed by atoms with E-state index in [1.165, 1.54) is 5.56 Å². The second-order valence-corrected chi connectivity index (χ2v) is 7.06. The van der Waals surface area contributed by atoms with Crippen molar-refractivity contribution in [3.63, 3.8) is 0 Å². The Hall–Kier alpha value is -2.57. The van der Waals surface area contributed by atoms with Crippen LogP contribution in [-0.2, 0) is 16.0 Å². The van der Waals surface area contributed by atoms with E-state index in [4.69, 9.17) is 11.6 Å². The lowest BCUT2D eigenvalue weighted by Gasteiger charge is -2.15. The highest BCUT2D eigenvalue weighted by atomic mass is 35.5. The molecule has 0 aromatic heterocycles. The molecular formula is C20H22ClN3O3. The Morgan fingerprint density at radius 1 is 1.26 bits per heavy atom. The zero-order valence-electron chi connectivity index (χ0n) is 15.3. The van der Waals surface area contributed by atoms with Crippen molar-refractivity contribution in [2.75, 3.05) is 30.4 Å². The van der Waals surface area contributed by atoms with Crippen LogP contribution >= 0.6 is 11.6 Å². The predicted molar refractivity (Wildman–Crippen MR) is 106 cm³/mol. The molecule has 2 aromatic carbocycles. The highest BCUT2D eigenvalue weighted by Crippen LogP contribution is 2.29. The van der Waals surface area contributed by atoms with Gasteiger partial charge in [0.2, 0.25) is 0 Å². The lowest BCUT2D eigenvalue weighted by Crippen LogP contribution is -2.37. The molecular weight excluding hydrogens is 366 g/mol. The molecule has 0 saturated carbocycles. The summed E-state index contributed by atoms with van der Waals surface area (Å²) >= 11 is 6.01. The topological polar surface area (TPSA) is 81.7 Å². The van der Waals surface area contributed by atoms with Crippen LogP contribution in [0.1, 0.15) is 22.8 Å². The smallest absolute Gasteiger partial charge is 0.313 e. The molecule has 0 fully saturated rings. The van der Waals surface area contributed by atoms with E-state index in [1.807, 2.05) is 25.2 Å². The maximum Gasteiger partial charge on any atom is 0.313 e. The van der Waals surface area contributed by atoms with Crippen molar-refractivity contribution in [3.8, 4) is 0 Å². The van der Waals surface area contributed by atoms with Gasteiger partial charge in [0.1, 0.15) is 0 Å². The van der Waals surface area contributed by atoms with E-state index in [0.29, 0.717) is 16.3 Å². The Labute approximate surface area is 163 Å². The largest absolute Gasteiger partial charge is 0.387 e. The van der Waals surface area contributed by atoms with E-state index in [-0.39, 0.29) is 6.54 Å². The van der Waals surface area contributed by atoms with Crippen LogP contribution in [0.3, 0.4) is 0 Å². The minimum atomic E-state index is -0.883. The molecule has 142 valence electrons. The van der Waals surface area contributed by atoms with Gasteiger partial charge in [-0.25, -0.2) is 0 Å². The highest BCUT2D eigenvalue weighted by Gasteiger charge is 2.20. The molecule has 1 heterocycles. The van der Waals surface area contributed by atoms with Gasteiger partial charge in [0.15, 0.2) is 0 Å². The summed E-state index contributed by atoms with van der Waals surface area (Å²) in [6.07, 6.45) is 0.0472. The van der Waals surface area contributed by atoms with E-state index >= 15 is 0 Å². The van der Waals surface area contributed by atoms with Gasteiger partial charge in [0, 0.05) is 36.5 Å². The summed E-state index contributed by atoms with van der Waals surface area (Å²) in [5, 5.41) is 15.8. The number of aliphatic hydroxyl groups is 1. The molecule has 0 radical (unpaired) electrons. The first-order chi connectivity index (χ1) is 12.9. The normalized spacial score (nSPS) is 13.9. The van der Waals surface area contributed by atoms with Crippen molar-refractivity contribution in [2.24, 2.45) is 0 Å². The number of aliphatic hydroxyl groups excluding tert-OH is 1. The van der Waals surface area contributed by atoms with E-state index in [1.54, 1.807) is 25.1 Å². The molecule has 3 rings (SSSR count). The zero-order chi connectivity index (χ0) is 19.6. The van der Waals surface area contributed by atoms with Crippen molar-refractivity contribution in [1.82, 2.24) is 5.32 Å². The van der Waals surface area contributed by atoms with Gasteiger partial charge in [-0.1, -0.05) is 29.8 Å². The fourth-order valence-electron chi connectivity index (χ4n) is 3.10. The summed E-state index contributed by atoms with van der Waals surface area (Å²) in [4.78, 5) is 26.3. The van der Waals surface area contributed by atoms with Gasteiger partial charge in [-0.05, 0) is 48.2 Å². The third-order valence-electron chi connectivity index (χ3n) is 4.79. The molecule has 6 nitrogen and oxygen atoms in total. The first-order valence-electron chi connectivity index (χ1n) is 8.73. The van der Waals surface area contributed by atoms with Gasteiger partial charge >= 0.3 is 11.8 Å². The summed E-state index contributed by atoms with van der Waals surface area (Å²) < 4.78 is 0. The van der Waals surface area contributed by atoms with Crippen LogP contribution < -0.4 is 15.5 Å². The number of halogens is 1. The highest BCUT2D eigenvalue weighted by molar-refractivity contribution is 6.40. The van der Waals surface area contributed by atoms with E-state index in [0.717, 1.165) is 24.2 Å². The number of rotatable bonds is 4. The average molecular weight is 388 g/mol. The lowest BCUT2D eigenvalue weighted by atomic mass is 10.0. The Bertz CT molecular complexity index is 885. The summed E-state index contributed by atoms with van der Waals surface area (Å²) in [7, 11) is 2.03. The second-order valence-electron chi connectivity index (χ2n) is 6.65. The molecule has 0 saturated heterocycles. The number of nitrogens with zero attached hydrogens (tertiary/aromatic N) is 1. The molecule has 27 heavy (non-hydrogen) atoms. The molecule has 0 aliphatic carbocycles. The molecule has 2 aromatic rings. The number of anilines is 2. The van der Waals surface area contributed by atoms with Gasteiger partial charge in [0.25, 0.3) is 0 Å². The average Bonchev–Trinajstić information content (AvgIpc) is 3.03. The number of nitrogens with one attached hydrogen (secondary N) is 2. The van der Waals surface area contributed by atoms with Crippen LogP contribution in [0.4, 0.5) is 11.4 Å². The quantitative estimate of drug-likeness (QED) is 0.704. The molecule has 1 aliphatic rings. The minimum absolute atomic E-state index is 0.0462. The van der Waals surface area contributed by atoms with Crippen molar-refractivity contribution < 1.29 is 14.7 Å². The lowest BCUT2D eigenvalue weighted by molar-refractivity contribution is -0.136. The Morgan fingerprint density at radius 3 is 2.81 bits per heavy atom. The standard InChI is InChI=1S/C20H22ClN3O3/c1-12-15(21)4-3-5-16(12)23-20(27)19(26)22-11-18(25)14-6-7-17-13(10-14)8-9-24(17)2/h3-7,10,18,25H,8-9,11H2,1-2H3,(H,22,26)(H,23,27). The summed E-state index contributed by atoms with van der Waals surface area (Å²) in [5.74, 6) is -1.61. The monoisotopic (exact) mass is 387 g/mol. The van der Waals surface area contributed by atoms with Crippen molar-refractivity contribution in [3.05, 3.63) is 58.1 Å². The SMILES string of the molecule is Cc1c(Cl)cccc1NC(=O)C(=O)NCC(O)c1ccc2c(c1)CCN2C. The Balaban J connectivity index is 1.57. The fraction of sp³-hybridized carbons (Fsp3) is 0.300. The molecule has 1 atom stereocenters. The molecule has 2 amide bonds. The van der Waals surface area contributed by atoms with Crippen LogP contribution in [0.25, 0.3) is 0 Å². The third-order valence-corrected chi connectivity index (χ3v) is 5.20. The maximum atomic E-state index is 12.1. The van der Waals surface area contributed by atoms with Gasteiger partial charge in [-0.2, -0.15) is 0 Å². The van der Waals surface area contributed by atoms with Crippen LogP contribution in [0.15, 0.2) is 36.4 Å². The van der Waals surface area contributed by atoms with E-state index in [2.05, 4.69) is 15.5 Å². The van der Waals surface area contributed by atoms with Gasteiger partial charge in [-0.15, -0.1) is 0 Å². The first-order valence-corrected chi connectivity index (χ1v) is 9.11. The molecule has 0 spiro atoms. The number of fused-ring (bicyclic) bond motifs is 1. The summed E-state index contributed by atoms with van der Waals surface area (Å²) in [6.45, 7) is 2.66. The van der Waals surface area contributed by atoms with Gasteiger partial charge in [0.05, 0.1) is 6.10 Å². The number of carbonyl (C=O) groups excluding carboxylic acids is 2. The van der Waals surface area contributed by atoms with Crippen LogP contribution in [0.5, 0.6) is 0 Å². The van der Waals surface area contributed by atoms with Crippen LogP contribution in [0, 0.1) is 6.92 Å². The maximum absolute atomic E-state index is 12.1. The van der Waals surface area contributed by atoms with Crippen molar-refractivity contribution in [1.29, 1.82) is 0 Å². The number of amides is 2. The Morgan fingerprint density at radius 2 is 2.04 bits per heavy atom. The summed E-state index contributed by atoms with van der Waals surface area (Å²) in [5.41, 5.74) is 4.21. The number of hydrogen-bond acceptors (Lipinski definition) is 4. The number of benzene rings is 2. The number of hydrogen-bond donors (Lipinski definition) is 3. The summed E-state index contributed by atoms with van der Waals surface area (Å²) in [6, 6.07) is 10.8. The van der Waals surface area contributed by atoms with Gasteiger partial charge in [-0.3, -0.25) is 9.59 Å². The van der Waals surface area contributed by atoms with Crippen LogP contribution in [0.2, 0.25) is 5.02 Å². The number of carbonyl (C=O) groups is 2.